The van der Waals surface area contributed by atoms with Crippen molar-refractivity contribution in [3.63, 3.8) is 0 Å². The van der Waals surface area contributed by atoms with Crippen molar-refractivity contribution in [3.8, 4) is 0 Å². The number of rotatable bonds is 2. The summed E-state index contributed by atoms with van der Waals surface area (Å²) in [5.74, 6) is 0.405. The molecule has 1 aliphatic heterocycles. The second-order valence-electron chi connectivity index (χ2n) is 3.12. The van der Waals surface area contributed by atoms with E-state index in [1.165, 1.54) is 11.3 Å². The summed E-state index contributed by atoms with van der Waals surface area (Å²) in [5, 5.41) is 17.8. The van der Waals surface area contributed by atoms with Crippen LogP contribution in [-0.4, -0.2) is 35.0 Å². The minimum Gasteiger partial charge on any atom is -0.396 e. The number of aliphatic hydroxyl groups excluding tert-OH is 1. The Labute approximate surface area is 88.7 Å². The summed E-state index contributed by atoms with van der Waals surface area (Å²) in [6.45, 7) is 2.15. The van der Waals surface area contributed by atoms with Gasteiger partial charge in [0.1, 0.15) is 0 Å². The van der Waals surface area contributed by atoms with Crippen LogP contribution in [0.15, 0.2) is 3.92 Å². The Morgan fingerprint density at radius 1 is 1.62 bits per heavy atom. The molecule has 1 aromatic heterocycles. The van der Waals surface area contributed by atoms with Crippen LogP contribution in [0.4, 0.5) is 5.13 Å². The topological polar surface area (TPSA) is 49.2 Å². The third-order valence-electron chi connectivity index (χ3n) is 2.20. The molecule has 0 saturated carbocycles. The van der Waals surface area contributed by atoms with E-state index in [-0.39, 0.29) is 6.61 Å². The van der Waals surface area contributed by atoms with Gasteiger partial charge in [0, 0.05) is 25.6 Å². The molecule has 0 aliphatic carbocycles. The van der Waals surface area contributed by atoms with Crippen LogP contribution in [0.3, 0.4) is 0 Å². The molecule has 0 bridgehead atoms. The smallest absolute Gasteiger partial charge is 0.209 e. The highest BCUT2D eigenvalue weighted by Crippen LogP contribution is 2.28. The first-order valence-electron chi connectivity index (χ1n) is 4.14. The van der Waals surface area contributed by atoms with Crippen LogP contribution in [0, 0.1) is 5.92 Å². The second-order valence-corrected chi connectivity index (χ2v) is 5.35. The molecule has 1 N–H and O–H groups in total. The molecule has 0 amide bonds. The van der Waals surface area contributed by atoms with Gasteiger partial charge in [0.05, 0.1) is 0 Å². The second kappa shape index (κ2) is 3.89. The summed E-state index contributed by atoms with van der Waals surface area (Å²) in [5.41, 5.74) is 0. The van der Waals surface area contributed by atoms with Gasteiger partial charge in [0.25, 0.3) is 0 Å². The van der Waals surface area contributed by atoms with Crippen LogP contribution in [-0.2, 0) is 0 Å². The number of aliphatic hydroxyl groups is 1. The van der Waals surface area contributed by atoms with E-state index in [4.69, 9.17) is 5.11 Å². The summed E-state index contributed by atoms with van der Waals surface area (Å²) in [4.78, 5) is 2.17. The van der Waals surface area contributed by atoms with Crippen molar-refractivity contribution < 1.29 is 5.11 Å². The van der Waals surface area contributed by atoms with Gasteiger partial charge in [-0.3, -0.25) is 0 Å². The first-order valence-corrected chi connectivity index (χ1v) is 5.75. The van der Waals surface area contributed by atoms with Gasteiger partial charge in [-0.25, -0.2) is 0 Å². The zero-order valence-electron chi connectivity index (χ0n) is 6.98. The SMILES string of the molecule is OC[C@@H]1CCN(c2nnc(Br)s2)C1. The fourth-order valence-corrected chi connectivity index (χ4v) is 2.60. The highest BCUT2D eigenvalue weighted by Gasteiger charge is 2.24. The standard InChI is InChI=1S/C7H10BrN3OS/c8-6-9-10-7(13-6)11-2-1-5(3-11)4-12/h5,12H,1-4H2/t5-/m1/s1. The molecule has 1 aliphatic rings. The summed E-state index contributed by atoms with van der Waals surface area (Å²) < 4.78 is 0.815. The quantitative estimate of drug-likeness (QED) is 0.869. The third-order valence-corrected chi connectivity index (χ3v) is 3.62. The molecular weight excluding hydrogens is 254 g/mol. The van der Waals surface area contributed by atoms with Gasteiger partial charge < -0.3 is 10.0 Å². The van der Waals surface area contributed by atoms with Crippen molar-refractivity contribution in [1.82, 2.24) is 10.2 Å². The fraction of sp³-hybridized carbons (Fsp3) is 0.714. The van der Waals surface area contributed by atoms with Crippen LogP contribution in [0.5, 0.6) is 0 Å². The maximum absolute atomic E-state index is 8.97. The highest BCUT2D eigenvalue weighted by molar-refractivity contribution is 9.11. The minimum absolute atomic E-state index is 0.274. The van der Waals surface area contributed by atoms with Crippen LogP contribution in [0.2, 0.25) is 0 Å². The van der Waals surface area contributed by atoms with Crippen molar-refractivity contribution in [3.05, 3.63) is 3.92 Å². The molecule has 72 valence electrons. The Morgan fingerprint density at radius 2 is 2.46 bits per heavy atom. The van der Waals surface area contributed by atoms with E-state index in [0.29, 0.717) is 5.92 Å². The van der Waals surface area contributed by atoms with Gasteiger partial charge in [-0.05, 0) is 22.4 Å². The molecule has 2 rings (SSSR count). The Hall–Kier alpha value is -0.200. The minimum atomic E-state index is 0.274. The maximum atomic E-state index is 8.97. The number of hydrogen-bond donors (Lipinski definition) is 1. The van der Waals surface area contributed by atoms with Crippen molar-refractivity contribution >= 4 is 32.4 Å². The summed E-state index contributed by atoms with van der Waals surface area (Å²) in [6, 6.07) is 0. The predicted molar refractivity (Wildman–Crippen MR) is 55.0 cm³/mol. The molecule has 13 heavy (non-hydrogen) atoms. The molecule has 4 nitrogen and oxygen atoms in total. The number of nitrogens with zero attached hydrogens (tertiary/aromatic N) is 3. The van der Waals surface area contributed by atoms with Gasteiger partial charge in [-0.15, -0.1) is 10.2 Å². The highest BCUT2D eigenvalue weighted by atomic mass is 79.9. The molecular formula is C7H10BrN3OS. The Kier molecular flexibility index (Phi) is 2.80. The van der Waals surface area contributed by atoms with Gasteiger partial charge in [0.2, 0.25) is 5.13 Å². The number of hydrogen-bond acceptors (Lipinski definition) is 5. The van der Waals surface area contributed by atoms with Crippen LogP contribution < -0.4 is 4.90 Å². The number of anilines is 1. The van der Waals surface area contributed by atoms with Crippen molar-refractivity contribution in [2.24, 2.45) is 5.92 Å². The molecule has 6 heteroatoms. The average Bonchev–Trinajstić information content (AvgIpc) is 2.71. The maximum Gasteiger partial charge on any atom is 0.209 e. The first-order chi connectivity index (χ1) is 6.29. The lowest BCUT2D eigenvalue weighted by molar-refractivity contribution is 0.238. The zero-order valence-corrected chi connectivity index (χ0v) is 9.38. The molecule has 1 fully saturated rings. The average molecular weight is 264 g/mol. The van der Waals surface area contributed by atoms with Crippen LogP contribution >= 0.6 is 27.3 Å². The van der Waals surface area contributed by atoms with E-state index in [1.807, 2.05) is 0 Å². The molecule has 0 aromatic carbocycles. The lowest BCUT2D eigenvalue weighted by Gasteiger charge is -2.12. The Bertz CT molecular complexity index is 293. The lowest BCUT2D eigenvalue weighted by Crippen LogP contribution is -2.20. The molecule has 0 radical (unpaired) electrons. The monoisotopic (exact) mass is 263 g/mol. The van der Waals surface area contributed by atoms with Gasteiger partial charge >= 0.3 is 0 Å². The largest absolute Gasteiger partial charge is 0.396 e. The summed E-state index contributed by atoms with van der Waals surface area (Å²) >= 11 is 4.82. The first kappa shape index (κ1) is 9.36. The van der Waals surface area contributed by atoms with Crippen molar-refractivity contribution in [1.29, 1.82) is 0 Å². The van der Waals surface area contributed by atoms with Gasteiger partial charge in [-0.2, -0.15) is 0 Å². The van der Waals surface area contributed by atoms with Crippen LogP contribution in [0.1, 0.15) is 6.42 Å². The molecule has 1 saturated heterocycles. The number of halogens is 1. The van der Waals surface area contributed by atoms with Crippen molar-refractivity contribution in [2.45, 2.75) is 6.42 Å². The van der Waals surface area contributed by atoms with E-state index < -0.39 is 0 Å². The Morgan fingerprint density at radius 3 is 3.00 bits per heavy atom. The van der Waals surface area contributed by atoms with E-state index in [2.05, 4.69) is 31.0 Å². The van der Waals surface area contributed by atoms with E-state index in [9.17, 15) is 0 Å². The summed E-state index contributed by atoms with van der Waals surface area (Å²) in [7, 11) is 0. The van der Waals surface area contributed by atoms with Crippen molar-refractivity contribution in [2.75, 3.05) is 24.6 Å². The van der Waals surface area contributed by atoms with Gasteiger partial charge in [-0.1, -0.05) is 11.3 Å². The zero-order chi connectivity index (χ0) is 9.26. The molecule has 1 aromatic rings. The Balaban J connectivity index is 2.03. The van der Waals surface area contributed by atoms with E-state index >= 15 is 0 Å². The fourth-order valence-electron chi connectivity index (χ4n) is 1.48. The molecule has 0 spiro atoms. The lowest BCUT2D eigenvalue weighted by atomic mass is 10.1. The number of aromatic nitrogens is 2. The van der Waals surface area contributed by atoms with E-state index in [1.54, 1.807) is 0 Å². The molecule has 2 heterocycles. The molecule has 1 atom stereocenters. The summed E-state index contributed by atoms with van der Waals surface area (Å²) in [6.07, 6.45) is 1.05. The van der Waals surface area contributed by atoms with Gasteiger partial charge in [0.15, 0.2) is 3.92 Å². The normalized spacial score (nSPS) is 22.6. The predicted octanol–water partition coefficient (Wildman–Crippen LogP) is 1.12. The molecule has 0 unspecified atom stereocenters. The van der Waals surface area contributed by atoms with Crippen LogP contribution in [0.25, 0.3) is 0 Å². The third kappa shape index (κ3) is 2.00. The van der Waals surface area contributed by atoms with E-state index in [0.717, 1.165) is 28.6 Å².